The zero-order chi connectivity index (χ0) is 18.3. The fourth-order valence-corrected chi connectivity index (χ4v) is 3.77. The number of hydrogen-bond donors (Lipinski definition) is 2. The molecule has 1 aliphatic rings. The number of sulfonamides is 1. The largest absolute Gasteiger partial charge is 0.379 e. The van der Waals surface area contributed by atoms with Crippen molar-refractivity contribution >= 4 is 15.9 Å². The third-order valence-electron chi connectivity index (χ3n) is 4.11. The van der Waals surface area contributed by atoms with E-state index < -0.39 is 16.1 Å². The Morgan fingerprint density at radius 2 is 1.88 bits per heavy atom. The quantitative estimate of drug-likeness (QED) is 0.652. The van der Waals surface area contributed by atoms with Crippen LogP contribution in [0.25, 0.3) is 0 Å². The van der Waals surface area contributed by atoms with Crippen LogP contribution in [0.4, 0.5) is 0 Å². The molecule has 1 atom stereocenters. The van der Waals surface area contributed by atoms with Crippen LogP contribution < -0.4 is 10.0 Å². The van der Waals surface area contributed by atoms with Crippen molar-refractivity contribution in [1.29, 1.82) is 0 Å². The molecule has 1 aromatic carbocycles. The summed E-state index contributed by atoms with van der Waals surface area (Å²) in [5.41, 5.74) is 0.977. The van der Waals surface area contributed by atoms with Gasteiger partial charge in [0.15, 0.2) is 0 Å². The lowest BCUT2D eigenvalue weighted by atomic mass is 10.2. The molecule has 8 heteroatoms. The van der Waals surface area contributed by atoms with Crippen molar-refractivity contribution in [2.24, 2.45) is 0 Å². The van der Waals surface area contributed by atoms with Crippen molar-refractivity contribution in [2.75, 3.05) is 39.4 Å². The summed E-state index contributed by atoms with van der Waals surface area (Å²) in [6.07, 6.45) is 0.823. The van der Waals surface area contributed by atoms with E-state index >= 15 is 0 Å². The minimum atomic E-state index is -3.70. The smallest absolute Gasteiger partial charge is 0.241 e. The van der Waals surface area contributed by atoms with Crippen LogP contribution in [-0.2, 0) is 19.6 Å². The van der Waals surface area contributed by atoms with Gasteiger partial charge in [0.2, 0.25) is 15.9 Å². The van der Waals surface area contributed by atoms with E-state index in [2.05, 4.69) is 14.9 Å². The molecule has 0 aromatic heterocycles. The number of ether oxygens (including phenoxy) is 1. The summed E-state index contributed by atoms with van der Waals surface area (Å²) in [6.45, 7) is 8.19. The Bertz CT molecular complexity index is 655. The summed E-state index contributed by atoms with van der Waals surface area (Å²) < 4.78 is 32.3. The molecule has 0 saturated carbocycles. The number of carbonyl (C=O) groups is 1. The number of carbonyl (C=O) groups excluding carboxylic acids is 1. The van der Waals surface area contributed by atoms with Gasteiger partial charge in [0.05, 0.1) is 24.2 Å². The van der Waals surface area contributed by atoms with Crippen molar-refractivity contribution < 1.29 is 17.9 Å². The molecule has 1 saturated heterocycles. The normalized spacial score (nSPS) is 17.2. The van der Waals surface area contributed by atoms with E-state index in [9.17, 15) is 13.2 Å². The molecule has 0 bridgehead atoms. The van der Waals surface area contributed by atoms with E-state index in [1.165, 1.54) is 12.1 Å². The Labute approximate surface area is 149 Å². The van der Waals surface area contributed by atoms with Crippen molar-refractivity contribution in [3.8, 4) is 0 Å². The Balaban J connectivity index is 1.74. The maximum absolute atomic E-state index is 12.3. The number of amides is 1. The zero-order valence-corrected chi connectivity index (χ0v) is 15.6. The van der Waals surface area contributed by atoms with Gasteiger partial charge in [-0.3, -0.25) is 9.69 Å². The summed E-state index contributed by atoms with van der Waals surface area (Å²) in [7, 11) is -3.70. The third-order valence-corrected chi connectivity index (χ3v) is 5.67. The first-order chi connectivity index (χ1) is 11.9. The topological polar surface area (TPSA) is 87.7 Å². The van der Waals surface area contributed by atoms with Crippen LogP contribution in [0.15, 0.2) is 29.2 Å². The van der Waals surface area contributed by atoms with E-state index in [1.807, 2.05) is 6.92 Å². The number of aryl methyl sites for hydroxylation is 1. The molecule has 1 amide bonds. The molecule has 7 nitrogen and oxygen atoms in total. The predicted molar refractivity (Wildman–Crippen MR) is 95.8 cm³/mol. The molecule has 2 N–H and O–H groups in total. The van der Waals surface area contributed by atoms with Gasteiger partial charge in [0.1, 0.15) is 0 Å². The summed E-state index contributed by atoms with van der Waals surface area (Å²) in [5, 5.41) is 2.78. The molecule has 2 rings (SSSR count). The maximum Gasteiger partial charge on any atom is 0.241 e. The van der Waals surface area contributed by atoms with Gasteiger partial charge in [-0.25, -0.2) is 8.42 Å². The van der Waals surface area contributed by atoms with Crippen LogP contribution >= 0.6 is 0 Å². The minimum absolute atomic E-state index is 0.157. The van der Waals surface area contributed by atoms with Crippen molar-refractivity contribution in [3.05, 3.63) is 29.8 Å². The molecular formula is C17H27N3O4S. The molecule has 1 fully saturated rings. The number of benzene rings is 1. The van der Waals surface area contributed by atoms with Crippen LogP contribution in [0.3, 0.4) is 0 Å². The molecule has 0 radical (unpaired) electrons. The number of nitrogens with one attached hydrogen (secondary N) is 2. The van der Waals surface area contributed by atoms with Gasteiger partial charge < -0.3 is 10.1 Å². The van der Waals surface area contributed by atoms with Crippen molar-refractivity contribution in [2.45, 2.75) is 31.2 Å². The van der Waals surface area contributed by atoms with Crippen molar-refractivity contribution in [1.82, 2.24) is 14.9 Å². The van der Waals surface area contributed by atoms with Crippen LogP contribution in [0, 0.1) is 6.92 Å². The van der Waals surface area contributed by atoms with Gasteiger partial charge in [-0.05, 0) is 38.9 Å². The molecule has 1 aliphatic heterocycles. The van der Waals surface area contributed by atoms with E-state index in [-0.39, 0.29) is 10.8 Å². The monoisotopic (exact) mass is 369 g/mol. The first-order valence-electron chi connectivity index (χ1n) is 8.55. The molecule has 0 aliphatic carbocycles. The van der Waals surface area contributed by atoms with E-state index in [4.69, 9.17) is 4.74 Å². The molecule has 0 unspecified atom stereocenters. The van der Waals surface area contributed by atoms with Gasteiger partial charge in [-0.15, -0.1) is 0 Å². The number of morpholine rings is 1. The highest BCUT2D eigenvalue weighted by Gasteiger charge is 2.21. The minimum Gasteiger partial charge on any atom is -0.379 e. The lowest BCUT2D eigenvalue weighted by Crippen LogP contribution is -2.45. The van der Waals surface area contributed by atoms with E-state index in [1.54, 1.807) is 19.1 Å². The van der Waals surface area contributed by atoms with Crippen LogP contribution in [0.2, 0.25) is 0 Å². The molecule has 140 valence electrons. The molecular weight excluding hydrogens is 342 g/mol. The number of nitrogens with zero attached hydrogens (tertiary/aromatic N) is 1. The van der Waals surface area contributed by atoms with Gasteiger partial charge >= 0.3 is 0 Å². The van der Waals surface area contributed by atoms with Gasteiger partial charge in [-0.2, -0.15) is 4.72 Å². The summed E-state index contributed by atoms with van der Waals surface area (Å²) in [4.78, 5) is 14.5. The molecule has 0 spiro atoms. The third kappa shape index (κ3) is 6.39. The highest BCUT2D eigenvalue weighted by molar-refractivity contribution is 7.89. The number of rotatable bonds is 8. The van der Waals surface area contributed by atoms with Gasteiger partial charge in [0, 0.05) is 19.6 Å². The SMILES string of the molecule is Cc1ccc(S(=O)(=O)N[C@H](C)C(=O)NCCCN2CCOCC2)cc1. The summed E-state index contributed by atoms with van der Waals surface area (Å²) in [6, 6.07) is 5.69. The second-order valence-corrected chi connectivity index (χ2v) is 7.97. The lowest BCUT2D eigenvalue weighted by molar-refractivity contribution is -0.122. The molecule has 25 heavy (non-hydrogen) atoms. The van der Waals surface area contributed by atoms with Crippen LogP contribution in [-0.4, -0.2) is 64.7 Å². The average Bonchev–Trinajstić information content (AvgIpc) is 2.59. The second kappa shape index (κ2) is 9.28. The van der Waals surface area contributed by atoms with Crippen LogP contribution in [0.5, 0.6) is 0 Å². The highest BCUT2D eigenvalue weighted by atomic mass is 32.2. The Morgan fingerprint density at radius 1 is 1.24 bits per heavy atom. The highest BCUT2D eigenvalue weighted by Crippen LogP contribution is 2.10. The fraction of sp³-hybridized carbons (Fsp3) is 0.588. The average molecular weight is 369 g/mol. The standard InChI is InChI=1S/C17H27N3O4S/c1-14-4-6-16(7-5-14)25(22,23)19-15(2)17(21)18-8-3-9-20-10-12-24-13-11-20/h4-7,15,19H,3,8-13H2,1-2H3,(H,18,21)/t15-/m1/s1. The second-order valence-electron chi connectivity index (χ2n) is 6.25. The Kier molecular flexibility index (Phi) is 7.37. The Hall–Kier alpha value is -1.48. The maximum atomic E-state index is 12.3. The molecule has 1 aromatic rings. The summed E-state index contributed by atoms with van der Waals surface area (Å²) >= 11 is 0. The van der Waals surface area contributed by atoms with Crippen molar-refractivity contribution in [3.63, 3.8) is 0 Å². The van der Waals surface area contributed by atoms with E-state index in [0.29, 0.717) is 6.54 Å². The lowest BCUT2D eigenvalue weighted by Gasteiger charge is -2.26. The molecule has 1 heterocycles. The Morgan fingerprint density at radius 3 is 2.52 bits per heavy atom. The first kappa shape index (κ1) is 19.8. The predicted octanol–water partition coefficient (Wildman–Crippen LogP) is 0.500. The zero-order valence-electron chi connectivity index (χ0n) is 14.8. The van der Waals surface area contributed by atoms with Gasteiger partial charge in [-0.1, -0.05) is 17.7 Å². The van der Waals surface area contributed by atoms with Gasteiger partial charge in [0.25, 0.3) is 0 Å². The van der Waals surface area contributed by atoms with E-state index in [0.717, 1.165) is 44.8 Å². The van der Waals surface area contributed by atoms with Crippen LogP contribution in [0.1, 0.15) is 18.9 Å². The summed E-state index contributed by atoms with van der Waals surface area (Å²) in [5.74, 6) is -0.322. The number of hydrogen-bond acceptors (Lipinski definition) is 5. The first-order valence-corrected chi connectivity index (χ1v) is 10.0. The fourth-order valence-electron chi connectivity index (χ4n) is 2.56.